The van der Waals surface area contributed by atoms with Crippen molar-refractivity contribution in [1.82, 2.24) is 0 Å². The molecule has 114 valence electrons. The summed E-state index contributed by atoms with van der Waals surface area (Å²) in [5, 5.41) is 8.88. The van der Waals surface area contributed by atoms with Gasteiger partial charge >= 0.3 is 12.3 Å². The van der Waals surface area contributed by atoms with Crippen molar-refractivity contribution in [3.8, 4) is 11.8 Å². The summed E-state index contributed by atoms with van der Waals surface area (Å²) in [5.41, 5.74) is 0.527. The predicted molar refractivity (Wildman–Crippen MR) is 67.6 cm³/mol. The molecule has 1 rings (SSSR count). The molecule has 0 heterocycles. The summed E-state index contributed by atoms with van der Waals surface area (Å²) < 4.78 is 46.0. The number of hydrogen-bond donors (Lipinski definition) is 0. The van der Waals surface area contributed by atoms with E-state index in [4.69, 9.17) is 10.00 Å². The number of alkyl halides is 3. The predicted octanol–water partition coefficient (Wildman–Crippen LogP) is 3.12. The molecule has 1 aromatic carbocycles. The summed E-state index contributed by atoms with van der Waals surface area (Å²) in [7, 11) is 0. The van der Waals surface area contributed by atoms with Gasteiger partial charge < -0.3 is 9.47 Å². The maximum Gasteiger partial charge on any atom is 0.573 e. The van der Waals surface area contributed by atoms with E-state index in [2.05, 4.69) is 4.74 Å². The number of carbonyl (C=O) groups excluding carboxylic acids is 1. The molecule has 0 aliphatic rings. The Morgan fingerprint density at radius 1 is 1.33 bits per heavy atom. The Hall–Kier alpha value is -2.23. The van der Waals surface area contributed by atoms with Crippen molar-refractivity contribution >= 4 is 5.97 Å². The minimum absolute atomic E-state index is 0.00857. The molecule has 0 bridgehead atoms. The van der Waals surface area contributed by atoms with Crippen LogP contribution in [0.5, 0.6) is 5.75 Å². The van der Waals surface area contributed by atoms with Crippen molar-refractivity contribution in [2.45, 2.75) is 33.1 Å². The van der Waals surface area contributed by atoms with E-state index >= 15 is 0 Å². The number of rotatable bonds is 5. The van der Waals surface area contributed by atoms with Gasteiger partial charge in [0, 0.05) is 0 Å². The van der Waals surface area contributed by atoms with Crippen molar-refractivity contribution in [3.05, 3.63) is 28.8 Å². The number of nitrogens with zero attached hydrogens (tertiary/aromatic N) is 1. The van der Waals surface area contributed by atoms with E-state index in [1.165, 1.54) is 6.07 Å². The molecule has 0 aliphatic carbocycles. The van der Waals surface area contributed by atoms with Crippen molar-refractivity contribution < 1.29 is 27.4 Å². The Morgan fingerprint density at radius 3 is 2.48 bits per heavy atom. The lowest BCUT2D eigenvalue weighted by molar-refractivity contribution is -0.274. The van der Waals surface area contributed by atoms with Gasteiger partial charge in [-0.3, -0.25) is 4.79 Å². The molecule has 0 fully saturated rings. The van der Waals surface area contributed by atoms with Crippen LogP contribution in [0.3, 0.4) is 0 Å². The fourth-order valence-electron chi connectivity index (χ4n) is 1.91. The van der Waals surface area contributed by atoms with Crippen LogP contribution in [0.2, 0.25) is 0 Å². The van der Waals surface area contributed by atoms with Gasteiger partial charge in [0.25, 0.3) is 0 Å². The van der Waals surface area contributed by atoms with Crippen LogP contribution in [0.15, 0.2) is 12.1 Å². The summed E-state index contributed by atoms with van der Waals surface area (Å²) in [6, 6.07) is 4.14. The second-order valence-electron chi connectivity index (χ2n) is 4.11. The molecule has 0 unspecified atom stereocenters. The lowest BCUT2D eigenvalue weighted by atomic mass is 9.98. The quantitative estimate of drug-likeness (QED) is 0.784. The van der Waals surface area contributed by atoms with Gasteiger partial charge in [0.15, 0.2) is 0 Å². The van der Waals surface area contributed by atoms with Gasteiger partial charge in [0.2, 0.25) is 0 Å². The molecule has 0 aromatic heterocycles. The normalized spacial score (nSPS) is 10.9. The van der Waals surface area contributed by atoms with Crippen LogP contribution in [0.1, 0.15) is 30.5 Å². The van der Waals surface area contributed by atoms with Gasteiger partial charge in [-0.25, -0.2) is 0 Å². The summed E-state index contributed by atoms with van der Waals surface area (Å²) in [6.45, 7) is 3.44. The maximum absolute atomic E-state index is 12.4. The van der Waals surface area contributed by atoms with Gasteiger partial charge in [-0.2, -0.15) is 5.26 Å². The average molecular weight is 301 g/mol. The van der Waals surface area contributed by atoms with Crippen molar-refractivity contribution in [2.24, 2.45) is 0 Å². The van der Waals surface area contributed by atoms with Gasteiger partial charge in [-0.05, 0) is 36.6 Å². The Bertz CT molecular complexity index is 562. The number of esters is 1. The highest BCUT2D eigenvalue weighted by atomic mass is 19.4. The van der Waals surface area contributed by atoms with E-state index in [1.54, 1.807) is 19.9 Å². The third kappa shape index (κ3) is 4.99. The molecule has 7 heteroatoms. The van der Waals surface area contributed by atoms with Crippen LogP contribution in [-0.4, -0.2) is 18.9 Å². The highest BCUT2D eigenvalue weighted by Crippen LogP contribution is 2.31. The van der Waals surface area contributed by atoms with Crippen LogP contribution in [0.4, 0.5) is 13.2 Å². The molecule has 1 aromatic rings. The molecule has 0 N–H and O–H groups in total. The number of halogens is 3. The van der Waals surface area contributed by atoms with E-state index < -0.39 is 18.1 Å². The number of ether oxygens (including phenoxy) is 2. The first kappa shape index (κ1) is 16.8. The van der Waals surface area contributed by atoms with E-state index in [9.17, 15) is 18.0 Å². The zero-order valence-corrected chi connectivity index (χ0v) is 11.6. The number of carbonyl (C=O) groups is 1. The topological polar surface area (TPSA) is 59.3 Å². The largest absolute Gasteiger partial charge is 0.573 e. The Balaban J connectivity index is 3.25. The molecular weight excluding hydrogens is 287 g/mol. The monoisotopic (exact) mass is 301 g/mol. The van der Waals surface area contributed by atoms with E-state index in [1.807, 2.05) is 0 Å². The first-order chi connectivity index (χ1) is 9.80. The van der Waals surface area contributed by atoms with Crippen molar-refractivity contribution in [3.63, 3.8) is 0 Å². The first-order valence-electron chi connectivity index (χ1n) is 6.28. The zero-order chi connectivity index (χ0) is 16.0. The van der Waals surface area contributed by atoms with Crippen LogP contribution in [-0.2, 0) is 22.4 Å². The number of hydrogen-bond acceptors (Lipinski definition) is 4. The number of benzene rings is 1. The molecule has 0 radical (unpaired) electrons. The van der Waals surface area contributed by atoms with Crippen LogP contribution < -0.4 is 4.74 Å². The molecule has 4 nitrogen and oxygen atoms in total. The molecule has 0 amide bonds. The van der Waals surface area contributed by atoms with Gasteiger partial charge in [-0.15, -0.1) is 13.2 Å². The summed E-state index contributed by atoms with van der Waals surface area (Å²) in [6.07, 6.45) is -4.84. The summed E-state index contributed by atoms with van der Waals surface area (Å²) in [4.78, 5) is 11.5. The highest BCUT2D eigenvalue weighted by Gasteiger charge is 2.32. The average Bonchev–Trinajstić information content (AvgIpc) is 2.36. The van der Waals surface area contributed by atoms with Crippen molar-refractivity contribution in [1.29, 1.82) is 5.26 Å². The standard InChI is InChI=1S/C14H14F3NO3/c1-3-11-10(7-13(19)20-4-2)5-9(8-18)6-12(11)21-14(15,16)17/h5-6H,3-4,7H2,1-2H3. The molecule has 0 aliphatic heterocycles. The summed E-state index contributed by atoms with van der Waals surface area (Å²) >= 11 is 0. The molecular formula is C14H14F3NO3. The maximum atomic E-state index is 12.4. The molecule has 0 atom stereocenters. The Kier molecular flexibility index (Phi) is 5.59. The SMILES string of the molecule is CCOC(=O)Cc1cc(C#N)cc(OC(F)(F)F)c1CC. The van der Waals surface area contributed by atoms with Gasteiger partial charge in [-0.1, -0.05) is 6.92 Å². The van der Waals surface area contributed by atoms with Gasteiger partial charge in [0.1, 0.15) is 5.75 Å². The molecule has 0 saturated carbocycles. The molecule has 0 spiro atoms. The Labute approximate surface area is 120 Å². The minimum Gasteiger partial charge on any atom is -0.466 e. The Morgan fingerprint density at radius 2 is 2.00 bits per heavy atom. The third-order valence-electron chi connectivity index (χ3n) is 2.65. The van der Waals surface area contributed by atoms with E-state index in [0.29, 0.717) is 5.56 Å². The first-order valence-corrected chi connectivity index (χ1v) is 6.28. The number of nitriles is 1. The molecule has 0 saturated heterocycles. The zero-order valence-electron chi connectivity index (χ0n) is 11.6. The second-order valence-corrected chi connectivity index (χ2v) is 4.11. The second kappa shape index (κ2) is 6.97. The highest BCUT2D eigenvalue weighted by molar-refractivity contribution is 5.73. The third-order valence-corrected chi connectivity index (χ3v) is 2.65. The fourth-order valence-corrected chi connectivity index (χ4v) is 1.91. The van der Waals surface area contributed by atoms with Crippen LogP contribution in [0, 0.1) is 11.3 Å². The summed E-state index contributed by atoms with van der Waals surface area (Å²) in [5.74, 6) is -1.02. The van der Waals surface area contributed by atoms with Crippen molar-refractivity contribution in [2.75, 3.05) is 6.61 Å². The van der Waals surface area contributed by atoms with Gasteiger partial charge in [0.05, 0.1) is 24.7 Å². The lowest BCUT2D eigenvalue weighted by Gasteiger charge is -2.16. The van der Waals surface area contributed by atoms with Crippen LogP contribution in [0.25, 0.3) is 0 Å². The van der Waals surface area contributed by atoms with Crippen LogP contribution >= 0.6 is 0 Å². The minimum atomic E-state index is -4.86. The lowest BCUT2D eigenvalue weighted by Crippen LogP contribution is -2.19. The molecule has 21 heavy (non-hydrogen) atoms. The smallest absolute Gasteiger partial charge is 0.466 e. The van der Waals surface area contributed by atoms with E-state index in [0.717, 1.165) is 6.07 Å². The van der Waals surface area contributed by atoms with E-state index in [-0.39, 0.29) is 30.6 Å². The fraction of sp³-hybridized carbons (Fsp3) is 0.429.